The number of thiazole rings is 1. The zero-order valence-electron chi connectivity index (χ0n) is 10.1. The third kappa shape index (κ3) is 2.77. The van der Waals surface area contributed by atoms with Crippen molar-refractivity contribution in [2.45, 2.75) is 6.92 Å². The Morgan fingerprint density at radius 3 is 2.50 bits per heavy atom. The Labute approximate surface area is 114 Å². The van der Waals surface area contributed by atoms with Gasteiger partial charge in [0.1, 0.15) is 5.00 Å². The minimum absolute atomic E-state index is 0.263. The van der Waals surface area contributed by atoms with Crippen molar-refractivity contribution in [1.29, 1.82) is 0 Å². The Morgan fingerprint density at radius 1 is 1.28 bits per heavy atom. The fourth-order valence-corrected chi connectivity index (χ4v) is 2.69. The van der Waals surface area contributed by atoms with Gasteiger partial charge < -0.3 is 9.88 Å². The highest BCUT2D eigenvalue weighted by atomic mass is 32.1. The standard InChI is InChI=1S/C12H13N3OS2/c1-8-10(18-12(17)15(8)2)14-11(16)13-9-6-4-3-5-7-9/h3-7H,1-2H3,(H2,13,14,16). The van der Waals surface area contributed by atoms with E-state index in [0.29, 0.717) is 0 Å². The summed E-state index contributed by atoms with van der Waals surface area (Å²) in [6.45, 7) is 1.92. The molecule has 0 radical (unpaired) electrons. The lowest BCUT2D eigenvalue weighted by atomic mass is 10.3. The number of para-hydroxylation sites is 1. The molecule has 1 aromatic heterocycles. The number of benzene rings is 1. The second-order valence-electron chi connectivity index (χ2n) is 3.79. The summed E-state index contributed by atoms with van der Waals surface area (Å²) in [6, 6.07) is 9.04. The first-order chi connectivity index (χ1) is 8.58. The molecule has 0 saturated heterocycles. The zero-order valence-corrected chi connectivity index (χ0v) is 11.7. The van der Waals surface area contributed by atoms with E-state index in [2.05, 4.69) is 10.6 Å². The first kappa shape index (κ1) is 12.8. The quantitative estimate of drug-likeness (QED) is 0.822. The van der Waals surface area contributed by atoms with E-state index >= 15 is 0 Å². The summed E-state index contributed by atoms with van der Waals surface area (Å²) in [5.41, 5.74) is 1.71. The summed E-state index contributed by atoms with van der Waals surface area (Å²) in [6.07, 6.45) is 0. The van der Waals surface area contributed by atoms with Gasteiger partial charge in [0.25, 0.3) is 0 Å². The third-order valence-corrected chi connectivity index (χ3v) is 4.13. The molecule has 1 heterocycles. The Kier molecular flexibility index (Phi) is 3.78. The van der Waals surface area contributed by atoms with Gasteiger partial charge in [-0.3, -0.25) is 5.32 Å². The number of carbonyl (C=O) groups is 1. The van der Waals surface area contributed by atoms with Gasteiger partial charge in [-0.05, 0) is 31.3 Å². The molecular formula is C12H13N3OS2. The Balaban J connectivity index is 2.08. The molecule has 94 valence electrons. The van der Waals surface area contributed by atoms with Crippen LogP contribution >= 0.6 is 23.6 Å². The molecule has 18 heavy (non-hydrogen) atoms. The van der Waals surface area contributed by atoms with Crippen molar-refractivity contribution in [3.8, 4) is 0 Å². The molecule has 2 rings (SSSR count). The Hall–Kier alpha value is -1.66. The maximum absolute atomic E-state index is 11.8. The van der Waals surface area contributed by atoms with Crippen LogP contribution in [0.1, 0.15) is 5.69 Å². The smallest absolute Gasteiger partial charge is 0.324 e. The highest BCUT2D eigenvalue weighted by Gasteiger charge is 2.09. The van der Waals surface area contributed by atoms with Crippen LogP contribution in [0.4, 0.5) is 15.5 Å². The van der Waals surface area contributed by atoms with Crippen molar-refractivity contribution in [2.24, 2.45) is 7.05 Å². The number of nitrogens with zero attached hydrogens (tertiary/aromatic N) is 1. The predicted molar refractivity (Wildman–Crippen MR) is 77.9 cm³/mol. The highest BCUT2D eigenvalue weighted by Crippen LogP contribution is 2.23. The number of nitrogens with one attached hydrogen (secondary N) is 2. The molecule has 2 aromatic rings. The van der Waals surface area contributed by atoms with E-state index in [9.17, 15) is 4.79 Å². The highest BCUT2D eigenvalue weighted by molar-refractivity contribution is 7.73. The van der Waals surface area contributed by atoms with Crippen LogP contribution in [0.25, 0.3) is 0 Å². The number of hydrogen-bond acceptors (Lipinski definition) is 3. The van der Waals surface area contributed by atoms with Gasteiger partial charge in [0.15, 0.2) is 3.95 Å². The minimum Gasteiger partial charge on any atom is -0.328 e. The summed E-state index contributed by atoms with van der Waals surface area (Å²) >= 11 is 6.54. The average molecular weight is 279 g/mol. The van der Waals surface area contributed by atoms with E-state index in [-0.39, 0.29) is 6.03 Å². The van der Waals surface area contributed by atoms with E-state index in [1.54, 1.807) is 0 Å². The molecule has 0 aliphatic carbocycles. The molecule has 0 saturated carbocycles. The lowest BCUT2D eigenvalue weighted by molar-refractivity contribution is 0.262. The minimum atomic E-state index is -0.263. The number of aromatic nitrogens is 1. The summed E-state index contributed by atoms with van der Waals surface area (Å²) in [5.74, 6) is 0. The Morgan fingerprint density at radius 2 is 1.94 bits per heavy atom. The van der Waals surface area contributed by atoms with Gasteiger partial charge in [0.05, 0.1) is 5.69 Å². The fourth-order valence-electron chi connectivity index (χ4n) is 1.42. The predicted octanol–water partition coefficient (Wildman–Crippen LogP) is 3.77. The third-order valence-electron chi connectivity index (χ3n) is 2.55. The molecule has 1 aromatic carbocycles. The van der Waals surface area contributed by atoms with Crippen molar-refractivity contribution in [2.75, 3.05) is 10.6 Å². The second kappa shape index (κ2) is 5.32. The first-order valence-electron chi connectivity index (χ1n) is 5.37. The molecule has 2 N–H and O–H groups in total. The largest absolute Gasteiger partial charge is 0.328 e. The maximum atomic E-state index is 11.8. The van der Waals surface area contributed by atoms with E-state index in [0.717, 1.165) is 20.3 Å². The van der Waals surface area contributed by atoms with Gasteiger partial charge in [-0.2, -0.15) is 0 Å². The SMILES string of the molecule is Cc1c(NC(=O)Nc2ccccc2)sc(=S)n1C. The summed E-state index contributed by atoms with van der Waals surface area (Å²) < 4.78 is 2.61. The number of rotatable bonds is 2. The lowest BCUT2D eigenvalue weighted by Gasteiger charge is -2.06. The number of hydrogen-bond donors (Lipinski definition) is 2. The fraction of sp³-hybridized carbons (Fsp3) is 0.167. The molecule has 2 amide bonds. The van der Waals surface area contributed by atoms with Crippen LogP contribution in [-0.4, -0.2) is 10.6 Å². The van der Waals surface area contributed by atoms with E-state index in [4.69, 9.17) is 12.2 Å². The molecule has 0 aliphatic heterocycles. The van der Waals surface area contributed by atoms with Gasteiger partial charge in [0.2, 0.25) is 0 Å². The second-order valence-corrected chi connectivity index (χ2v) is 5.43. The van der Waals surface area contributed by atoms with Crippen LogP contribution in [0.2, 0.25) is 0 Å². The zero-order chi connectivity index (χ0) is 13.1. The normalized spacial score (nSPS) is 10.1. The van der Waals surface area contributed by atoms with Crippen LogP contribution < -0.4 is 10.6 Å². The number of carbonyl (C=O) groups excluding carboxylic acids is 1. The Bertz CT molecular complexity index is 616. The molecular weight excluding hydrogens is 266 g/mol. The lowest BCUT2D eigenvalue weighted by Crippen LogP contribution is -2.19. The number of amides is 2. The van der Waals surface area contributed by atoms with Crippen molar-refractivity contribution < 1.29 is 4.79 Å². The van der Waals surface area contributed by atoms with E-state index < -0.39 is 0 Å². The van der Waals surface area contributed by atoms with E-state index in [1.807, 2.05) is 48.9 Å². The molecule has 4 nitrogen and oxygen atoms in total. The van der Waals surface area contributed by atoms with Gasteiger partial charge in [-0.15, -0.1) is 0 Å². The topological polar surface area (TPSA) is 46.1 Å². The van der Waals surface area contributed by atoms with E-state index in [1.165, 1.54) is 11.3 Å². The van der Waals surface area contributed by atoms with Crippen molar-refractivity contribution >= 4 is 40.3 Å². The van der Waals surface area contributed by atoms with Crippen LogP contribution in [0.5, 0.6) is 0 Å². The van der Waals surface area contributed by atoms with Crippen molar-refractivity contribution in [1.82, 2.24) is 4.57 Å². The molecule has 6 heteroatoms. The monoisotopic (exact) mass is 279 g/mol. The summed E-state index contributed by atoms with van der Waals surface area (Å²) in [5, 5.41) is 6.34. The number of urea groups is 1. The van der Waals surface area contributed by atoms with Gasteiger partial charge >= 0.3 is 6.03 Å². The van der Waals surface area contributed by atoms with Gasteiger partial charge in [-0.25, -0.2) is 4.79 Å². The van der Waals surface area contributed by atoms with Crippen LogP contribution in [-0.2, 0) is 7.05 Å². The average Bonchev–Trinajstić information content (AvgIpc) is 2.58. The van der Waals surface area contributed by atoms with Crippen molar-refractivity contribution in [3.63, 3.8) is 0 Å². The first-order valence-corrected chi connectivity index (χ1v) is 6.60. The summed E-state index contributed by atoms with van der Waals surface area (Å²) in [4.78, 5) is 11.8. The van der Waals surface area contributed by atoms with Crippen LogP contribution in [0.3, 0.4) is 0 Å². The molecule has 0 atom stereocenters. The molecule has 0 fully saturated rings. The molecule has 0 spiro atoms. The van der Waals surface area contributed by atoms with Gasteiger partial charge in [0, 0.05) is 12.7 Å². The number of anilines is 2. The van der Waals surface area contributed by atoms with Gasteiger partial charge in [-0.1, -0.05) is 29.5 Å². The summed E-state index contributed by atoms with van der Waals surface area (Å²) in [7, 11) is 1.88. The molecule has 0 aliphatic rings. The van der Waals surface area contributed by atoms with Crippen LogP contribution in [0, 0.1) is 10.9 Å². The van der Waals surface area contributed by atoms with Crippen LogP contribution in [0.15, 0.2) is 30.3 Å². The molecule has 0 unspecified atom stereocenters. The van der Waals surface area contributed by atoms with Crippen molar-refractivity contribution in [3.05, 3.63) is 40.0 Å². The molecule has 0 bridgehead atoms. The maximum Gasteiger partial charge on any atom is 0.324 e.